The Kier molecular flexibility index (Phi) is 4.95. The van der Waals surface area contributed by atoms with Crippen molar-refractivity contribution in [2.45, 2.75) is 24.8 Å². The predicted molar refractivity (Wildman–Crippen MR) is 78.6 cm³/mol. The van der Waals surface area contributed by atoms with Crippen LogP contribution in [-0.4, -0.2) is 60.2 Å². The van der Waals surface area contributed by atoms with Crippen molar-refractivity contribution in [2.75, 3.05) is 33.7 Å². The van der Waals surface area contributed by atoms with Gasteiger partial charge in [-0.2, -0.15) is 5.10 Å². The van der Waals surface area contributed by atoms with Gasteiger partial charge in [0.05, 0.1) is 0 Å². The number of hydrogen-bond donors (Lipinski definition) is 2. The molecule has 21 heavy (non-hydrogen) atoms. The van der Waals surface area contributed by atoms with E-state index in [1.807, 2.05) is 12.3 Å². The highest BCUT2D eigenvalue weighted by atomic mass is 16.2. The zero-order valence-corrected chi connectivity index (χ0v) is 12.6. The third kappa shape index (κ3) is 3.24. The summed E-state index contributed by atoms with van der Waals surface area (Å²) in [4.78, 5) is 25.9. The molecule has 2 amide bonds. The highest BCUT2D eigenvalue weighted by Gasteiger charge is 2.43. The van der Waals surface area contributed by atoms with E-state index in [0.717, 1.165) is 13.1 Å². The number of hydrogen-bond acceptors (Lipinski definition) is 4. The lowest BCUT2D eigenvalue weighted by atomic mass is 9.87. The van der Waals surface area contributed by atoms with Crippen LogP contribution in [0.2, 0.25) is 0 Å². The third-order valence-electron chi connectivity index (χ3n) is 4.07. The average molecular weight is 293 g/mol. The van der Waals surface area contributed by atoms with Gasteiger partial charge < -0.3 is 15.5 Å². The SMILES string of the molecule is CNC(=O)CCN(C)C(=O)C1(n2cccn2)CCNCC1. The molecule has 1 aromatic rings. The topological polar surface area (TPSA) is 79.3 Å². The van der Waals surface area contributed by atoms with Crippen LogP contribution in [0.3, 0.4) is 0 Å². The number of carbonyl (C=O) groups is 2. The highest BCUT2D eigenvalue weighted by molar-refractivity contribution is 5.85. The van der Waals surface area contributed by atoms with Gasteiger partial charge in [-0.3, -0.25) is 14.3 Å². The zero-order chi connectivity index (χ0) is 15.3. The molecule has 116 valence electrons. The van der Waals surface area contributed by atoms with Gasteiger partial charge in [-0.15, -0.1) is 0 Å². The largest absolute Gasteiger partial charge is 0.359 e. The van der Waals surface area contributed by atoms with E-state index in [4.69, 9.17) is 0 Å². The van der Waals surface area contributed by atoms with Crippen molar-refractivity contribution in [3.63, 3.8) is 0 Å². The number of carbonyl (C=O) groups excluding carboxylic acids is 2. The number of aromatic nitrogens is 2. The lowest BCUT2D eigenvalue weighted by Crippen LogP contribution is -2.55. The Morgan fingerprint density at radius 2 is 2.14 bits per heavy atom. The molecule has 0 spiro atoms. The number of amides is 2. The quantitative estimate of drug-likeness (QED) is 0.771. The number of rotatable bonds is 5. The summed E-state index contributed by atoms with van der Waals surface area (Å²) in [5.41, 5.74) is -0.633. The standard InChI is InChI=1S/C14H23N5O2/c1-15-12(20)4-11-18(2)13(21)14(5-8-16-9-6-14)19-10-3-7-17-19/h3,7,10,16H,4-6,8-9,11H2,1-2H3,(H,15,20). The van der Waals surface area contributed by atoms with Crippen molar-refractivity contribution in [2.24, 2.45) is 0 Å². The van der Waals surface area contributed by atoms with E-state index in [1.165, 1.54) is 0 Å². The molecule has 7 nitrogen and oxygen atoms in total. The molecule has 1 fully saturated rings. The van der Waals surface area contributed by atoms with Gasteiger partial charge in [0.2, 0.25) is 11.8 Å². The molecular formula is C14H23N5O2. The lowest BCUT2D eigenvalue weighted by Gasteiger charge is -2.39. The Bertz CT molecular complexity index is 480. The van der Waals surface area contributed by atoms with E-state index in [0.29, 0.717) is 25.8 Å². The van der Waals surface area contributed by atoms with Gasteiger partial charge in [0, 0.05) is 39.5 Å². The summed E-state index contributed by atoms with van der Waals surface area (Å²) in [7, 11) is 3.35. The second kappa shape index (κ2) is 6.71. The molecule has 0 unspecified atom stereocenters. The summed E-state index contributed by atoms with van der Waals surface area (Å²) in [5.74, 6) is -0.0373. The Morgan fingerprint density at radius 3 is 2.71 bits per heavy atom. The van der Waals surface area contributed by atoms with Crippen LogP contribution < -0.4 is 10.6 Å². The van der Waals surface area contributed by atoms with E-state index in [9.17, 15) is 9.59 Å². The maximum atomic E-state index is 12.9. The van der Waals surface area contributed by atoms with Crippen LogP contribution in [0.25, 0.3) is 0 Å². The lowest BCUT2D eigenvalue weighted by molar-refractivity contribution is -0.142. The van der Waals surface area contributed by atoms with Crippen LogP contribution in [0.4, 0.5) is 0 Å². The molecule has 0 atom stereocenters. The molecule has 1 aromatic heterocycles. The summed E-state index contributed by atoms with van der Waals surface area (Å²) in [6.07, 6.45) is 5.26. The average Bonchev–Trinajstić information content (AvgIpc) is 3.07. The molecular weight excluding hydrogens is 270 g/mol. The minimum atomic E-state index is -0.633. The Balaban J connectivity index is 2.13. The maximum absolute atomic E-state index is 12.9. The maximum Gasteiger partial charge on any atom is 0.250 e. The smallest absolute Gasteiger partial charge is 0.250 e. The summed E-state index contributed by atoms with van der Waals surface area (Å²) < 4.78 is 1.77. The molecule has 1 saturated heterocycles. The van der Waals surface area contributed by atoms with Crippen molar-refractivity contribution in [1.29, 1.82) is 0 Å². The van der Waals surface area contributed by atoms with Gasteiger partial charge in [0.15, 0.2) is 0 Å². The number of nitrogens with zero attached hydrogens (tertiary/aromatic N) is 3. The summed E-state index contributed by atoms with van der Waals surface area (Å²) in [6, 6.07) is 1.83. The molecule has 1 aliphatic heterocycles. The van der Waals surface area contributed by atoms with Crippen molar-refractivity contribution in [3.8, 4) is 0 Å². The summed E-state index contributed by atoms with van der Waals surface area (Å²) >= 11 is 0. The molecule has 1 aliphatic rings. The van der Waals surface area contributed by atoms with Crippen LogP contribution in [0, 0.1) is 0 Å². The second-order valence-electron chi connectivity index (χ2n) is 5.38. The first-order valence-electron chi connectivity index (χ1n) is 7.27. The van der Waals surface area contributed by atoms with E-state index in [2.05, 4.69) is 15.7 Å². The molecule has 0 aromatic carbocycles. The second-order valence-corrected chi connectivity index (χ2v) is 5.38. The first-order chi connectivity index (χ1) is 10.1. The van der Waals surface area contributed by atoms with Crippen LogP contribution in [0.1, 0.15) is 19.3 Å². The number of likely N-dealkylation sites (N-methyl/N-ethyl adjacent to an activating group) is 1. The fourth-order valence-corrected chi connectivity index (χ4v) is 2.75. The summed E-state index contributed by atoms with van der Waals surface area (Å²) in [6.45, 7) is 1.98. The third-order valence-corrected chi connectivity index (χ3v) is 4.07. The van der Waals surface area contributed by atoms with Crippen LogP contribution in [-0.2, 0) is 15.1 Å². The Hall–Kier alpha value is -1.89. The molecule has 0 radical (unpaired) electrons. The van der Waals surface area contributed by atoms with E-state index in [1.54, 1.807) is 29.9 Å². The van der Waals surface area contributed by atoms with Gasteiger partial charge in [-0.25, -0.2) is 0 Å². The highest BCUT2D eigenvalue weighted by Crippen LogP contribution is 2.29. The first-order valence-corrected chi connectivity index (χ1v) is 7.27. The van der Waals surface area contributed by atoms with Crippen molar-refractivity contribution < 1.29 is 9.59 Å². The first kappa shape index (κ1) is 15.5. The number of nitrogens with one attached hydrogen (secondary N) is 2. The zero-order valence-electron chi connectivity index (χ0n) is 12.6. The molecule has 2 rings (SSSR count). The van der Waals surface area contributed by atoms with Gasteiger partial charge in [-0.1, -0.05) is 0 Å². The predicted octanol–water partition coefficient (Wildman–Crippen LogP) is -0.444. The molecule has 2 N–H and O–H groups in total. The monoisotopic (exact) mass is 293 g/mol. The van der Waals surface area contributed by atoms with E-state index >= 15 is 0 Å². The Labute approximate surface area is 124 Å². The molecule has 0 aliphatic carbocycles. The molecule has 0 bridgehead atoms. The van der Waals surface area contributed by atoms with Crippen molar-refractivity contribution in [1.82, 2.24) is 25.3 Å². The van der Waals surface area contributed by atoms with Gasteiger partial charge >= 0.3 is 0 Å². The van der Waals surface area contributed by atoms with Gasteiger partial charge in [0.1, 0.15) is 5.54 Å². The fraction of sp³-hybridized carbons (Fsp3) is 0.643. The minimum Gasteiger partial charge on any atom is -0.359 e. The van der Waals surface area contributed by atoms with E-state index in [-0.39, 0.29) is 11.8 Å². The molecule has 2 heterocycles. The summed E-state index contributed by atoms with van der Waals surface area (Å²) in [5, 5.41) is 10.1. The molecule has 0 saturated carbocycles. The van der Waals surface area contributed by atoms with Gasteiger partial charge in [0.25, 0.3) is 0 Å². The van der Waals surface area contributed by atoms with E-state index < -0.39 is 5.54 Å². The van der Waals surface area contributed by atoms with Crippen LogP contribution in [0.5, 0.6) is 0 Å². The van der Waals surface area contributed by atoms with Crippen molar-refractivity contribution in [3.05, 3.63) is 18.5 Å². The fourth-order valence-electron chi connectivity index (χ4n) is 2.75. The minimum absolute atomic E-state index is 0.0246. The van der Waals surface area contributed by atoms with Gasteiger partial charge in [-0.05, 0) is 32.0 Å². The number of piperidine rings is 1. The van der Waals surface area contributed by atoms with Crippen LogP contribution >= 0.6 is 0 Å². The van der Waals surface area contributed by atoms with Crippen molar-refractivity contribution >= 4 is 11.8 Å². The van der Waals surface area contributed by atoms with Crippen LogP contribution in [0.15, 0.2) is 18.5 Å². The molecule has 7 heteroatoms. The Morgan fingerprint density at radius 1 is 1.43 bits per heavy atom. The normalized spacial score (nSPS) is 17.2.